The predicted octanol–water partition coefficient (Wildman–Crippen LogP) is 3.36. The molecule has 6 nitrogen and oxygen atoms in total. The van der Waals surface area contributed by atoms with Gasteiger partial charge >= 0.3 is 0 Å². The molecule has 0 radical (unpaired) electrons. The normalized spacial score (nSPS) is 19.3. The molecule has 7 heteroatoms. The van der Waals surface area contributed by atoms with Crippen molar-refractivity contribution in [2.75, 3.05) is 26.2 Å². The summed E-state index contributed by atoms with van der Waals surface area (Å²) in [5.41, 5.74) is 2.43. The number of hydrogen-bond acceptors (Lipinski definition) is 5. The first-order chi connectivity index (χ1) is 13.7. The molecule has 1 aliphatic heterocycles. The minimum absolute atomic E-state index is 0.0647. The highest BCUT2D eigenvalue weighted by atomic mass is 32.2. The van der Waals surface area contributed by atoms with E-state index in [0.29, 0.717) is 37.0 Å². The minimum atomic E-state index is -3.45. The molecule has 1 aliphatic carbocycles. The summed E-state index contributed by atoms with van der Waals surface area (Å²) in [4.78, 5) is 7.09. The van der Waals surface area contributed by atoms with E-state index < -0.39 is 10.0 Å². The van der Waals surface area contributed by atoms with E-state index in [2.05, 4.69) is 30.7 Å². The third-order valence-corrected chi connectivity index (χ3v) is 7.80. The lowest BCUT2D eigenvalue weighted by Gasteiger charge is -2.21. The largest absolute Gasteiger partial charge is 0.444 e. The summed E-state index contributed by atoms with van der Waals surface area (Å²) in [6.07, 6.45) is 5.77. The first-order valence-electron chi connectivity index (χ1n) is 10.5. The number of hydrogen-bond donors (Lipinski definition) is 0. The van der Waals surface area contributed by atoms with Crippen molar-refractivity contribution in [1.29, 1.82) is 0 Å². The number of rotatable bonds is 4. The molecule has 2 heterocycles. The van der Waals surface area contributed by atoms with Crippen molar-refractivity contribution < 1.29 is 12.8 Å². The fourth-order valence-corrected chi connectivity index (χ4v) is 5.65. The van der Waals surface area contributed by atoms with E-state index in [1.807, 2.05) is 12.1 Å². The van der Waals surface area contributed by atoms with Gasteiger partial charge in [-0.3, -0.25) is 4.90 Å². The van der Waals surface area contributed by atoms with Crippen LogP contribution in [0.4, 0.5) is 0 Å². The Morgan fingerprint density at radius 2 is 1.83 bits per heavy atom. The van der Waals surface area contributed by atoms with Crippen LogP contribution in [0.1, 0.15) is 56.4 Å². The van der Waals surface area contributed by atoms with Gasteiger partial charge in [0.2, 0.25) is 15.9 Å². The van der Waals surface area contributed by atoms with Crippen LogP contribution in [-0.2, 0) is 34.8 Å². The highest BCUT2D eigenvalue weighted by molar-refractivity contribution is 7.89. The van der Waals surface area contributed by atoms with Crippen molar-refractivity contribution in [3.8, 4) is 0 Å². The lowest BCUT2D eigenvalue weighted by molar-refractivity contribution is 0.242. The Morgan fingerprint density at radius 1 is 1.03 bits per heavy atom. The van der Waals surface area contributed by atoms with E-state index in [1.54, 1.807) is 16.6 Å². The van der Waals surface area contributed by atoms with Gasteiger partial charge in [0.15, 0.2) is 0 Å². The van der Waals surface area contributed by atoms with Gasteiger partial charge in [-0.15, -0.1) is 0 Å². The third kappa shape index (κ3) is 4.42. The Kier molecular flexibility index (Phi) is 5.57. The van der Waals surface area contributed by atoms with Crippen molar-refractivity contribution in [3.05, 3.63) is 47.2 Å². The predicted molar refractivity (Wildman–Crippen MR) is 112 cm³/mol. The smallest absolute Gasteiger partial charge is 0.243 e. The summed E-state index contributed by atoms with van der Waals surface area (Å²) in [5.74, 6) is 1.58. The Morgan fingerprint density at radius 3 is 2.59 bits per heavy atom. The summed E-state index contributed by atoms with van der Waals surface area (Å²) >= 11 is 0. The second-order valence-corrected chi connectivity index (χ2v) is 11.1. The van der Waals surface area contributed by atoms with Gasteiger partial charge in [0.1, 0.15) is 5.76 Å². The lowest BCUT2D eigenvalue weighted by Crippen LogP contribution is -2.35. The molecule has 4 rings (SSSR count). The van der Waals surface area contributed by atoms with Crippen LogP contribution in [0.15, 0.2) is 33.7 Å². The molecule has 1 aromatic heterocycles. The standard InChI is InChI=1S/C22H31N3O3S/c1-22(2,3)20-15-23-21(28-20)16-24-10-5-11-25(13-12-24)29(26,27)19-9-8-17-6-4-7-18(17)14-19/h8-9,14-15H,4-7,10-13,16H2,1-3H3. The SMILES string of the molecule is CC(C)(C)c1cnc(CN2CCCN(S(=O)(=O)c3ccc4c(c3)CCC4)CC2)o1. The zero-order valence-corrected chi connectivity index (χ0v) is 18.5. The number of benzene rings is 1. The van der Waals surface area contributed by atoms with Crippen molar-refractivity contribution in [2.45, 2.75) is 63.3 Å². The fraction of sp³-hybridized carbons (Fsp3) is 0.591. The number of nitrogens with zero attached hydrogens (tertiary/aromatic N) is 3. The van der Waals surface area contributed by atoms with E-state index >= 15 is 0 Å². The fourth-order valence-electron chi connectivity index (χ4n) is 4.12. The number of sulfonamides is 1. The van der Waals surface area contributed by atoms with Gasteiger partial charge in [-0.2, -0.15) is 4.31 Å². The molecule has 1 aromatic carbocycles. The molecule has 1 saturated heterocycles. The van der Waals surface area contributed by atoms with Crippen LogP contribution >= 0.6 is 0 Å². The van der Waals surface area contributed by atoms with Gasteiger partial charge in [0.25, 0.3) is 0 Å². The van der Waals surface area contributed by atoms with E-state index in [4.69, 9.17) is 4.42 Å². The van der Waals surface area contributed by atoms with Gasteiger partial charge in [0.05, 0.1) is 17.6 Å². The van der Waals surface area contributed by atoms with Crippen LogP contribution in [0, 0.1) is 0 Å². The monoisotopic (exact) mass is 417 g/mol. The summed E-state index contributed by atoms with van der Waals surface area (Å²) < 4.78 is 33.9. The molecule has 0 saturated carbocycles. The van der Waals surface area contributed by atoms with Gasteiger partial charge in [-0.1, -0.05) is 26.8 Å². The summed E-state index contributed by atoms with van der Waals surface area (Å²) in [5, 5.41) is 0. The van der Waals surface area contributed by atoms with Crippen molar-refractivity contribution in [3.63, 3.8) is 0 Å². The highest BCUT2D eigenvalue weighted by Gasteiger charge is 2.28. The van der Waals surface area contributed by atoms with Crippen LogP contribution in [0.5, 0.6) is 0 Å². The average Bonchev–Trinajstić information content (AvgIpc) is 3.26. The van der Waals surface area contributed by atoms with Crippen LogP contribution in [-0.4, -0.2) is 48.8 Å². The number of fused-ring (bicyclic) bond motifs is 1. The minimum Gasteiger partial charge on any atom is -0.444 e. The zero-order chi connectivity index (χ0) is 20.6. The lowest BCUT2D eigenvalue weighted by atomic mass is 9.94. The maximum atomic E-state index is 13.2. The number of oxazole rings is 1. The number of aryl methyl sites for hydroxylation is 2. The average molecular weight is 418 g/mol. The molecular weight excluding hydrogens is 386 g/mol. The second kappa shape index (κ2) is 7.85. The molecule has 0 atom stereocenters. The third-order valence-electron chi connectivity index (χ3n) is 5.91. The van der Waals surface area contributed by atoms with Gasteiger partial charge in [-0.05, 0) is 55.5 Å². The quantitative estimate of drug-likeness (QED) is 0.763. The Hall–Kier alpha value is -1.70. The van der Waals surface area contributed by atoms with Crippen molar-refractivity contribution in [2.24, 2.45) is 0 Å². The van der Waals surface area contributed by atoms with E-state index in [1.165, 1.54) is 11.1 Å². The van der Waals surface area contributed by atoms with E-state index in [0.717, 1.165) is 38.0 Å². The molecule has 0 amide bonds. The molecule has 0 spiro atoms. The molecule has 0 bridgehead atoms. The molecule has 2 aliphatic rings. The molecule has 2 aromatic rings. The first-order valence-corrected chi connectivity index (χ1v) is 12.0. The summed E-state index contributed by atoms with van der Waals surface area (Å²) in [6, 6.07) is 5.67. The Bertz CT molecular complexity index is 975. The van der Waals surface area contributed by atoms with Gasteiger partial charge in [-0.25, -0.2) is 13.4 Å². The van der Waals surface area contributed by atoms with Crippen molar-refractivity contribution >= 4 is 10.0 Å². The second-order valence-electron chi connectivity index (χ2n) is 9.19. The molecule has 0 N–H and O–H groups in total. The molecule has 29 heavy (non-hydrogen) atoms. The first kappa shape index (κ1) is 20.6. The zero-order valence-electron chi connectivity index (χ0n) is 17.6. The van der Waals surface area contributed by atoms with Crippen LogP contribution < -0.4 is 0 Å². The maximum absolute atomic E-state index is 13.2. The molecular formula is C22H31N3O3S. The van der Waals surface area contributed by atoms with Crippen LogP contribution in [0.25, 0.3) is 0 Å². The summed E-state index contributed by atoms with van der Waals surface area (Å²) in [6.45, 7) is 9.48. The topological polar surface area (TPSA) is 66.7 Å². The molecule has 1 fully saturated rings. The van der Waals surface area contributed by atoms with Crippen molar-refractivity contribution in [1.82, 2.24) is 14.2 Å². The van der Waals surface area contributed by atoms with Gasteiger partial charge < -0.3 is 4.42 Å². The summed E-state index contributed by atoms with van der Waals surface area (Å²) in [7, 11) is -3.45. The van der Waals surface area contributed by atoms with Gasteiger partial charge in [0, 0.05) is 25.0 Å². The highest BCUT2D eigenvalue weighted by Crippen LogP contribution is 2.27. The molecule has 0 unspecified atom stereocenters. The van der Waals surface area contributed by atoms with E-state index in [9.17, 15) is 8.42 Å². The van der Waals surface area contributed by atoms with Crippen LogP contribution in [0.2, 0.25) is 0 Å². The van der Waals surface area contributed by atoms with E-state index in [-0.39, 0.29) is 5.41 Å². The molecule has 158 valence electrons. The number of aromatic nitrogens is 1. The Balaban J connectivity index is 1.42. The van der Waals surface area contributed by atoms with Crippen LogP contribution in [0.3, 0.4) is 0 Å². The maximum Gasteiger partial charge on any atom is 0.243 e. The Labute approximate surface area is 174 Å².